The van der Waals surface area contributed by atoms with Crippen molar-refractivity contribution in [2.45, 2.75) is 13.8 Å². The number of benzene rings is 2. The normalized spacial score (nSPS) is 10.6. The van der Waals surface area contributed by atoms with Gasteiger partial charge in [-0.25, -0.2) is 4.98 Å². The van der Waals surface area contributed by atoms with Gasteiger partial charge in [0.2, 0.25) is 0 Å². The second-order valence-corrected chi connectivity index (χ2v) is 6.88. The number of hydrogen-bond donors (Lipinski definition) is 1. The molecule has 1 aromatic heterocycles. The number of aryl methyl sites for hydroxylation is 2. The van der Waals surface area contributed by atoms with E-state index in [9.17, 15) is 4.79 Å². The van der Waals surface area contributed by atoms with Gasteiger partial charge in [-0.05, 0) is 38.1 Å². The summed E-state index contributed by atoms with van der Waals surface area (Å²) in [5.74, 6) is -0.168. The van der Waals surface area contributed by atoms with Gasteiger partial charge in [0.25, 0.3) is 5.91 Å². The number of hydrogen-bond acceptors (Lipinski definition) is 3. The van der Waals surface area contributed by atoms with Crippen LogP contribution in [0.25, 0.3) is 11.3 Å². The minimum Gasteiger partial charge on any atom is -0.312 e. The average Bonchev–Trinajstić information content (AvgIpc) is 2.89. The van der Waals surface area contributed by atoms with Crippen LogP contribution >= 0.6 is 22.9 Å². The summed E-state index contributed by atoms with van der Waals surface area (Å²) in [5.41, 5.74) is 3.55. The molecule has 1 heterocycles. The monoisotopic (exact) mass is 342 g/mol. The highest BCUT2D eigenvalue weighted by molar-refractivity contribution is 7.16. The Labute approximate surface area is 144 Å². The first kappa shape index (κ1) is 15.7. The van der Waals surface area contributed by atoms with Crippen LogP contribution in [0.5, 0.6) is 0 Å². The molecule has 0 saturated heterocycles. The van der Waals surface area contributed by atoms with E-state index >= 15 is 0 Å². The second-order valence-electron chi connectivity index (χ2n) is 5.24. The molecular formula is C18H15ClN2OS. The van der Waals surface area contributed by atoms with Gasteiger partial charge in [0.15, 0.2) is 0 Å². The van der Waals surface area contributed by atoms with Crippen molar-refractivity contribution in [2.24, 2.45) is 0 Å². The first-order chi connectivity index (χ1) is 11.0. The number of aromatic nitrogens is 1. The van der Waals surface area contributed by atoms with Crippen LogP contribution in [0.15, 0.2) is 48.5 Å². The van der Waals surface area contributed by atoms with Crippen molar-refractivity contribution in [3.63, 3.8) is 0 Å². The van der Waals surface area contributed by atoms with E-state index in [2.05, 4.69) is 10.3 Å². The fraction of sp³-hybridized carbons (Fsp3) is 0.111. The van der Waals surface area contributed by atoms with E-state index in [-0.39, 0.29) is 5.91 Å². The standard InChI is InChI=1S/C18H15ClN2OS/c1-11-3-5-13(6-4-11)16-18(23-12(2)20-16)21-17(22)14-7-9-15(19)10-8-14/h3-10H,1-2H3,(H,21,22). The maximum absolute atomic E-state index is 12.4. The first-order valence-electron chi connectivity index (χ1n) is 7.14. The quantitative estimate of drug-likeness (QED) is 0.698. The fourth-order valence-electron chi connectivity index (χ4n) is 2.20. The van der Waals surface area contributed by atoms with Crippen molar-refractivity contribution in [3.05, 3.63) is 69.7 Å². The largest absolute Gasteiger partial charge is 0.312 e. The molecule has 0 aliphatic rings. The Hall–Kier alpha value is -2.17. The Morgan fingerprint density at radius 2 is 1.70 bits per heavy atom. The summed E-state index contributed by atoms with van der Waals surface area (Å²) in [6.45, 7) is 3.97. The van der Waals surface area contributed by atoms with Gasteiger partial charge < -0.3 is 5.32 Å². The van der Waals surface area contributed by atoms with E-state index in [4.69, 9.17) is 11.6 Å². The molecular weight excluding hydrogens is 328 g/mol. The Balaban J connectivity index is 1.90. The predicted molar refractivity (Wildman–Crippen MR) is 96.4 cm³/mol. The molecule has 1 N–H and O–H groups in total. The molecule has 3 rings (SSSR count). The van der Waals surface area contributed by atoms with Gasteiger partial charge in [-0.1, -0.05) is 41.4 Å². The lowest BCUT2D eigenvalue weighted by Crippen LogP contribution is -2.11. The maximum Gasteiger partial charge on any atom is 0.256 e. The number of carbonyl (C=O) groups excluding carboxylic acids is 1. The SMILES string of the molecule is Cc1ccc(-c2nc(C)sc2NC(=O)c2ccc(Cl)cc2)cc1. The number of nitrogens with zero attached hydrogens (tertiary/aromatic N) is 1. The summed E-state index contributed by atoms with van der Waals surface area (Å²) < 4.78 is 0. The zero-order valence-corrected chi connectivity index (χ0v) is 14.3. The van der Waals surface area contributed by atoms with Gasteiger partial charge in [-0.3, -0.25) is 4.79 Å². The van der Waals surface area contributed by atoms with Crippen molar-refractivity contribution in [1.82, 2.24) is 4.98 Å². The number of amides is 1. The van der Waals surface area contributed by atoms with Crippen molar-refractivity contribution in [3.8, 4) is 11.3 Å². The topological polar surface area (TPSA) is 42.0 Å². The van der Waals surface area contributed by atoms with Gasteiger partial charge in [0, 0.05) is 16.1 Å². The van der Waals surface area contributed by atoms with Crippen LogP contribution in [-0.4, -0.2) is 10.9 Å². The van der Waals surface area contributed by atoms with Gasteiger partial charge in [-0.15, -0.1) is 11.3 Å². The first-order valence-corrected chi connectivity index (χ1v) is 8.34. The lowest BCUT2D eigenvalue weighted by atomic mass is 10.1. The maximum atomic E-state index is 12.4. The third kappa shape index (κ3) is 3.60. The molecule has 5 heteroatoms. The average molecular weight is 343 g/mol. The van der Waals surface area contributed by atoms with Crippen molar-refractivity contribution >= 4 is 33.8 Å². The molecule has 2 aromatic carbocycles. The molecule has 0 bridgehead atoms. The van der Waals surface area contributed by atoms with Crippen molar-refractivity contribution in [1.29, 1.82) is 0 Å². The van der Waals surface area contributed by atoms with Crippen LogP contribution in [0.1, 0.15) is 20.9 Å². The van der Waals surface area contributed by atoms with Crippen LogP contribution in [-0.2, 0) is 0 Å². The minimum absolute atomic E-state index is 0.168. The van der Waals surface area contributed by atoms with Crippen molar-refractivity contribution < 1.29 is 4.79 Å². The molecule has 1 amide bonds. The van der Waals surface area contributed by atoms with Crippen LogP contribution in [0, 0.1) is 13.8 Å². The molecule has 0 unspecified atom stereocenters. The summed E-state index contributed by atoms with van der Waals surface area (Å²) in [4.78, 5) is 17.0. The molecule has 0 saturated carbocycles. The van der Waals surface area contributed by atoms with Gasteiger partial charge >= 0.3 is 0 Å². The number of thiazole rings is 1. The van der Waals surface area contributed by atoms with E-state index < -0.39 is 0 Å². The summed E-state index contributed by atoms with van der Waals surface area (Å²) >= 11 is 7.33. The smallest absolute Gasteiger partial charge is 0.256 e. The summed E-state index contributed by atoms with van der Waals surface area (Å²) in [7, 11) is 0. The van der Waals surface area contributed by atoms with Crippen LogP contribution < -0.4 is 5.32 Å². The molecule has 0 fully saturated rings. The third-order valence-corrected chi connectivity index (χ3v) is 4.53. The molecule has 0 radical (unpaired) electrons. The van der Waals surface area contributed by atoms with E-state index in [1.807, 2.05) is 38.1 Å². The van der Waals surface area contributed by atoms with Crippen LogP contribution in [0.4, 0.5) is 5.00 Å². The second kappa shape index (κ2) is 6.52. The summed E-state index contributed by atoms with van der Waals surface area (Å²) in [5, 5.41) is 5.23. The number of carbonyl (C=O) groups is 1. The van der Waals surface area contributed by atoms with E-state index in [0.29, 0.717) is 10.6 Å². The van der Waals surface area contributed by atoms with E-state index in [1.54, 1.807) is 24.3 Å². The van der Waals surface area contributed by atoms with E-state index in [1.165, 1.54) is 16.9 Å². The van der Waals surface area contributed by atoms with Gasteiger partial charge in [0.05, 0.1) is 5.01 Å². The molecule has 116 valence electrons. The Bertz CT molecular complexity index is 838. The fourth-order valence-corrected chi connectivity index (χ4v) is 3.16. The molecule has 0 atom stereocenters. The predicted octanol–water partition coefficient (Wildman–Crippen LogP) is 5.33. The number of rotatable bonds is 3. The summed E-state index contributed by atoms with van der Waals surface area (Å²) in [6.07, 6.45) is 0. The number of halogens is 1. The van der Waals surface area contributed by atoms with Crippen LogP contribution in [0.3, 0.4) is 0 Å². The Morgan fingerprint density at radius 3 is 2.35 bits per heavy atom. The Kier molecular flexibility index (Phi) is 4.46. The van der Waals surface area contributed by atoms with Gasteiger partial charge in [-0.2, -0.15) is 0 Å². The van der Waals surface area contributed by atoms with Gasteiger partial charge in [0.1, 0.15) is 10.7 Å². The zero-order valence-electron chi connectivity index (χ0n) is 12.8. The third-order valence-electron chi connectivity index (χ3n) is 3.39. The lowest BCUT2D eigenvalue weighted by molar-refractivity contribution is 0.102. The van der Waals surface area contributed by atoms with Crippen LogP contribution in [0.2, 0.25) is 5.02 Å². The Morgan fingerprint density at radius 1 is 1.04 bits per heavy atom. The highest BCUT2D eigenvalue weighted by Crippen LogP contribution is 2.33. The molecule has 23 heavy (non-hydrogen) atoms. The lowest BCUT2D eigenvalue weighted by Gasteiger charge is -2.06. The number of anilines is 1. The highest BCUT2D eigenvalue weighted by Gasteiger charge is 2.15. The van der Waals surface area contributed by atoms with E-state index in [0.717, 1.165) is 21.3 Å². The molecule has 0 aliphatic carbocycles. The molecule has 0 spiro atoms. The summed E-state index contributed by atoms with van der Waals surface area (Å²) in [6, 6.07) is 14.9. The highest BCUT2D eigenvalue weighted by atomic mass is 35.5. The molecule has 3 aromatic rings. The number of nitrogens with one attached hydrogen (secondary N) is 1. The molecule has 0 aliphatic heterocycles. The zero-order chi connectivity index (χ0) is 16.4. The minimum atomic E-state index is -0.168. The molecule has 3 nitrogen and oxygen atoms in total. The van der Waals surface area contributed by atoms with Crippen molar-refractivity contribution in [2.75, 3.05) is 5.32 Å².